The summed E-state index contributed by atoms with van der Waals surface area (Å²) in [6, 6.07) is 12.3. The lowest BCUT2D eigenvalue weighted by atomic mass is 9.98. The zero-order valence-corrected chi connectivity index (χ0v) is 9.94. The molecular weight excluding hydrogens is 215 g/mol. The van der Waals surface area contributed by atoms with Crippen molar-refractivity contribution >= 4 is 0 Å². The van der Waals surface area contributed by atoms with Crippen molar-refractivity contribution in [1.29, 1.82) is 0 Å². The van der Waals surface area contributed by atoms with Gasteiger partial charge in [0.25, 0.3) is 0 Å². The van der Waals surface area contributed by atoms with E-state index < -0.39 is 6.10 Å². The Labute approximate surface area is 101 Å². The fourth-order valence-electron chi connectivity index (χ4n) is 1.89. The zero-order chi connectivity index (χ0) is 12.4. The highest BCUT2D eigenvalue weighted by atomic mass is 19.1. The normalized spacial score (nSPS) is 12.5. The first kappa shape index (κ1) is 11.8. The second-order valence-electron chi connectivity index (χ2n) is 4.34. The molecule has 0 aliphatic heterocycles. The minimum absolute atomic E-state index is 0.329. The van der Waals surface area contributed by atoms with Gasteiger partial charge in [-0.25, -0.2) is 4.39 Å². The number of benzene rings is 2. The second-order valence-corrected chi connectivity index (χ2v) is 4.34. The van der Waals surface area contributed by atoms with Gasteiger partial charge >= 0.3 is 0 Å². The lowest BCUT2D eigenvalue weighted by molar-refractivity contribution is 0.215. The first-order valence-corrected chi connectivity index (χ1v) is 5.58. The SMILES string of the molecule is Cc1cccc(C(O)c2cc(C)ccc2F)c1. The molecule has 0 aliphatic rings. The van der Waals surface area contributed by atoms with E-state index in [9.17, 15) is 9.50 Å². The molecule has 1 atom stereocenters. The van der Waals surface area contributed by atoms with Crippen LogP contribution in [-0.4, -0.2) is 5.11 Å². The highest BCUT2D eigenvalue weighted by molar-refractivity contribution is 5.34. The van der Waals surface area contributed by atoms with Crippen molar-refractivity contribution < 1.29 is 9.50 Å². The van der Waals surface area contributed by atoms with Gasteiger partial charge in [-0.05, 0) is 25.5 Å². The summed E-state index contributed by atoms with van der Waals surface area (Å²) in [5, 5.41) is 10.2. The van der Waals surface area contributed by atoms with E-state index in [0.717, 1.165) is 16.7 Å². The van der Waals surface area contributed by atoms with E-state index in [-0.39, 0.29) is 5.82 Å². The van der Waals surface area contributed by atoms with Gasteiger partial charge in [-0.1, -0.05) is 47.5 Å². The van der Waals surface area contributed by atoms with Crippen LogP contribution < -0.4 is 0 Å². The number of hydrogen-bond acceptors (Lipinski definition) is 1. The Kier molecular flexibility index (Phi) is 3.25. The monoisotopic (exact) mass is 230 g/mol. The Morgan fingerprint density at radius 3 is 2.41 bits per heavy atom. The van der Waals surface area contributed by atoms with Gasteiger partial charge in [-0.2, -0.15) is 0 Å². The van der Waals surface area contributed by atoms with Crippen molar-refractivity contribution in [2.75, 3.05) is 0 Å². The van der Waals surface area contributed by atoms with Crippen LogP contribution in [0.5, 0.6) is 0 Å². The Morgan fingerprint density at radius 2 is 1.71 bits per heavy atom. The number of halogens is 1. The summed E-state index contributed by atoms with van der Waals surface area (Å²) in [6.07, 6.45) is -0.908. The van der Waals surface area contributed by atoms with Crippen LogP contribution in [0.25, 0.3) is 0 Å². The zero-order valence-electron chi connectivity index (χ0n) is 9.94. The maximum atomic E-state index is 13.6. The maximum Gasteiger partial charge on any atom is 0.129 e. The minimum atomic E-state index is -0.908. The molecule has 1 nitrogen and oxygen atoms in total. The molecule has 0 fully saturated rings. The van der Waals surface area contributed by atoms with Crippen molar-refractivity contribution in [1.82, 2.24) is 0 Å². The van der Waals surface area contributed by atoms with Gasteiger partial charge in [0.2, 0.25) is 0 Å². The number of aliphatic hydroxyl groups excluding tert-OH is 1. The molecule has 1 unspecified atom stereocenters. The lowest BCUT2D eigenvalue weighted by Crippen LogP contribution is -2.03. The molecule has 88 valence electrons. The van der Waals surface area contributed by atoms with E-state index in [4.69, 9.17) is 0 Å². The average molecular weight is 230 g/mol. The number of rotatable bonds is 2. The Hall–Kier alpha value is -1.67. The van der Waals surface area contributed by atoms with Crippen LogP contribution in [0.1, 0.15) is 28.4 Å². The number of hydrogen-bond donors (Lipinski definition) is 1. The van der Waals surface area contributed by atoms with Gasteiger partial charge in [0.1, 0.15) is 11.9 Å². The fourth-order valence-corrected chi connectivity index (χ4v) is 1.89. The molecule has 0 heterocycles. The fraction of sp³-hybridized carbons (Fsp3) is 0.200. The van der Waals surface area contributed by atoms with E-state index >= 15 is 0 Å². The molecule has 0 amide bonds. The second kappa shape index (κ2) is 4.68. The molecule has 0 aliphatic carbocycles. The molecule has 0 spiro atoms. The van der Waals surface area contributed by atoms with Crippen molar-refractivity contribution in [3.05, 3.63) is 70.5 Å². The molecule has 2 rings (SSSR count). The van der Waals surface area contributed by atoms with Crippen LogP contribution >= 0.6 is 0 Å². The summed E-state index contributed by atoms with van der Waals surface area (Å²) in [6.45, 7) is 3.83. The number of aryl methyl sites for hydroxylation is 2. The van der Waals surface area contributed by atoms with Crippen molar-refractivity contribution in [3.8, 4) is 0 Å². The highest BCUT2D eigenvalue weighted by Gasteiger charge is 2.14. The molecule has 0 saturated heterocycles. The smallest absolute Gasteiger partial charge is 0.129 e. The van der Waals surface area contributed by atoms with Gasteiger partial charge in [-0.3, -0.25) is 0 Å². The standard InChI is InChI=1S/C15H15FO/c1-10-4-3-5-12(8-10)15(17)13-9-11(2)6-7-14(13)16/h3-9,15,17H,1-2H3. The van der Waals surface area contributed by atoms with Gasteiger partial charge in [-0.15, -0.1) is 0 Å². The van der Waals surface area contributed by atoms with Crippen molar-refractivity contribution in [2.45, 2.75) is 20.0 Å². The van der Waals surface area contributed by atoms with E-state index in [1.54, 1.807) is 18.2 Å². The van der Waals surface area contributed by atoms with E-state index in [2.05, 4.69) is 0 Å². The van der Waals surface area contributed by atoms with Gasteiger partial charge < -0.3 is 5.11 Å². The molecule has 17 heavy (non-hydrogen) atoms. The molecule has 2 aromatic carbocycles. The van der Waals surface area contributed by atoms with Gasteiger partial charge in [0, 0.05) is 5.56 Å². The topological polar surface area (TPSA) is 20.2 Å². The van der Waals surface area contributed by atoms with E-state index in [1.807, 2.05) is 32.0 Å². The van der Waals surface area contributed by atoms with E-state index in [0.29, 0.717) is 5.56 Å². The van der Waals surface area contributed by atoms with Crippen LogP contribution in [-0.2, 0) is 0 Å². The average Bonchev–Trinajstić information content (AvgIpc) is 2.31. The molecule has 2 aromatic rings. The summed E-state index contributed by atoms with van der Waals surface area (Å²) in [7, 11) is 0. The quantitative estimate of drug-likeness (QED) is 0.836. The third-order valence-electron chi connectivity index (χ3n) is 2.80. The van der Waals surface area contributed by atoms with Crippen LogP contribution in [0, 0.1) is 19.7 Å². The predicted molar refractivity (Wildman–Crippen MR) is 66.4 cm³/mol. The first-order chi connectivity index (χ1) is 8.08. The summed E-state index contributed by atoms with van der Waals surface area (Å²) in [4.78, 5) is 0. The van der Waals surface area contributed by atoms with Gasteiger partial charge in [0.15, 0.2) is 0 Å². The third-order valence-corrected chi connectivity index (χ3v) is 2.80. The Balaban J connectivity index is 2.43. The molecule has 0 radical (unpaired) electrons. The largest absolute Gasteiger partial charge is 0.384 e. The molecular formula is C15H15FO. The Bertz CT molecular complexity index is 534. The summed E-state index contributed by atoms with van der Waals surface area (Å²) in [5.41, 5.74) is 3.04. The van der Waals surface area contributed by atoms with Gasteiger partial charge in [0.05, 0.1) is 0 Å². The van der Waals surface area contributed by atoms with Crippen molar-refractivity contribution in [2.24, 2.45) is 0 Å². The van der Waals surface area contributed by atoms with Crippen LogP contribution in [0.2, 0.25) is 0 Å². The van der Waals surface area contributed by atoms with Crippen LogP contribution in [0.3, 0.4) is 0 Å². The molecule has 1 N–H and O–H groups in total. The predicted octanol–water partition coefficient (Wildman–Crippen LogP) is 3.52. The van der Waals surface area contributed by atoms with Crippen molar-refractivity contribution in [3.63, 3.8) is 0 Å². The molecule has 0 bridgehead atoms. The van der Waals surface area contributed by atoms with Crippen LogP contribution in [0.15, 0.2) is 42.5 Å². The molecule has 0 aromatic heterocycles. The number of aliphatic hydroxyl groups is 1. The van der Waals surface area contributed by atoms with E-state index in [1.165, 1.54) is 6.07 Å². The third kappa shape index (κ3) is 2.53. The maximum absolute atomic E-state index is 13.6. The van der Waals surface area contributed by atoms with Crippen LogP contribution in [0.4, 0.5) is 4.39 Å². The summed E-state index contributed by atoms with van der Waals surface area (Å²) < 4.78 is 13.6. The molecule has 0 saturated carbocycles. The first-order valence-electron chi connectivity index (χ1n) is 5.58. The summed E-state index contributed by atoms with van der Waals surface area (Å²) >= 11 is 0. The minimum Gasteiger partial charge on any atom is -0.384 e. The lowest BCUT2D eigenvalue weighted by Gasteiger charge is -2.13. The highest BCUT2D eigenvalue weighted by Crippen LogP contribution is 2.25. The summed E-state index contributed by atoms with van der Waals surface area (Å²) in [5.74, 6) is -0.371. The molecule has 2 heteroatoms. The Morgan fingerprint density at radius 1 is 1.00 bits per heavy atom.